The lowest BCUT2D eigenvalue weighted by atomic mass is 10.2. The van der Waals surface area contributed by atoms with Gasteiger partial charge in [0.05, 0.1) is 6.54 Å². The lowest BCUT2D eigenvalue weighted by Crippen LogP contribution is -2.53. The molecule has 0 spiro atoms. The summed E-state index contributed by atoms with van der Waals surface area (Å²) in [6, 6.07) is 9.27. The molecule has 4 rings (SSSR count). The third-order valence-electron chi connectivity index (χ3n) is 4.45. The Morgan fingerprint density at radius 2 is 1.81 bits per heavy atom. The molecule has 0 bridgehead atoms. The Hall–Kier alpha value is -3.03. The Labute approximate surface area is 151 Å². The van der Waals surface area contributed by atoms with Crippen LogP contribution in [0.2, 0.25) is 0 Å². The van der Waals surface area contributed by atoms with Gasteiger partial charge in [0.2, 0.25) is 5.95 Å². The van der Waals surface area contributed by atoms with Crippen LogP contribution in [0.4, 0.5) is 10.7 Å². The van der Waals surface area contributed by atoms with E-state index < -0.39 is 0 Å². The number of amides is 2. The van der Waals surface area contributed by atoms with Gasteiger partial charge in [-0.25, -0.2) is 14.8 Å². The van der Waals surface area contributed by atoms with Crippen LogP contribution in [-0.4, -0.2) is 66.3 Å². The molecule has 8 heteroatoms. The maximum absolute atomic E-state index is 12.4. The minimum absolute atomic E-state index is 0.0823. The lowest BCUT2D eigenvalue weighted by Gasteiger charge is -2.35. The number of rotatable bonds is 3. The highest BCUT2D eigenvalue weighted by molar-refractivity contribution is 5.74. The number of anilines is 1. The summed E-state index contributed by atoms with van der Waals surface area (Å²) in [6.07, 6.45) is 3.27. The van der Waals surface area contributed by atoms with Crippen molar-refractivity contribution in [3.05, 3.63) is 42.7 Å². The first kappa shape index (κ1) is 16.4. The molecule has 26 heavy (non-hydrogen) atoms. The minimum atomic E-state index is -0.187. The highest BCUT2D eigenvalue weighted by atomic mass is 16.6. The van der Waals surface area contributed by atoms with E-state index in [0.29, 0.717) is 45.3 Å². The molecule has 0 unspecified atom stereocenters. The quantitative estimate of drug-likeness (QED) is 0.890. The number of fused-ring (bicyclic) bond motifs is 1. The molecule has 1 atom stereocenters. The third-order valence-corrected chi connectivity index (χ3v) is 4.45. The Balaban J connectivity index is 1.24. The Kier molecular flexibility index (Phi) is 4.72. The van der Waals surface area contributed by atoms with Crippen molar-refractivity contribution < 1.29 is 14.3 Å². The molecule has 1 N–H and O–H groups in total. The average Bonchev–Trinajstić information content (AvgIpc) is 2.72. The SMILES string of the molecule is O=C(NC[C@H]1COc2ccccc2O1)N1CCN(c2ncccn2)CC1. The zero-order valence-electron chi connectivity index (χ0n) is 14.4. The molecular weight excluding hydrogens is 334 g/mol. The van der Waals surface area contributed by atoms with Crippen molar-refractivity contribution in [1.29, 1.82) is 0 Å². The number of hydrogen-bond acceptors (Lipinski definition) is 6. The number of para-hydroxylation sites is 2. The van der Waals surface area contributed by atoms with Gasteiger partial charge in [-0.05, 0) is 18.2 Å². The summed E-state index contributed by atoms with van der Waals surface area (Å²) in [5, 5.41) is 2.94. The molecule has 8 nitrogen and oxygen atoms in total. The second-order valence-corrected chi connectivity index (χ2v) is 6.21. The zero-order chi connectivity index (χ0) is 17.8. The zero-order valence-corrected chi connectivity index (χ0v) is 14.4. The van der Waals surface area contributed by atoms with E-state index in [2.05, 4.69) is 20.2 Å². The van der Waals surface area contributed by atoms with E-state index in [-0.39, 0.29) is 12.1 Å². The first-order valence-electron chi connectivity index (χ1n) is 8.73. The van der Waals surface area contributed by atoms with E-state index in [9.17, 15) is 4.79 Å². The summed E-state index contributed by atoms with van der Waals surface area (Å²) in [5.41, 5.74) is 0. The van der Waals surface area contributed by atoms with Crippen molar-refractivity contribution in [2.45, 2.75) is 6.10 Å². The van der Waals surface area contributed by atoms with Crippen molar-refractivity contribution in [3.63, 3.8) is 0 Å². The van der Waals surface area contributed by atoms with Crippen LogP contribution in [0.5, 0.6) is 11.5 Å². The number of urea groups is 1. The monoisotopic (exact) mass is 355 g/mol. The number of ether oxygens (including phenoxy) is 2. The first-order valence-corrected chi connectivity index (χ1v) is 8.73. The van der Waals surface area contributed by atoms with E-state index in [4.69, 9.17) is 9.47 Å². The van der Waals surface area contributed by atoms with Gasteiger partial charge in [0.15, 0.2) is 17.6 Å². The smallest absolute Gasteiger partial charge is 0.317 e. The third kappa shape index (κ3) is 3.63. The van der Waals surface area contributed by atoms with Gasteiger partial charge < -0.3 is 24.6 Å². The predicted octanol–water partition coefficient (Wildman–Crippen LogP) is 1.15. The van der Waals surface area contributed by atoms with Crippen molar-refractivity contribution in [2.75, 3.05) is 44.2 Å². The van der Waals surface area contributed by atoms with Gasteiger partial charge in [-0.15, -0.1) is 0 Å². The number of carbonyl (C=O) groups excluding carboxylic acids is 1. The van der Waals surface area contributed by atoms with Crippen molar-refractivity contribution >= 4 is 12.0 Å². The fraction of sp³-hybridized carbons (Fsp3) is 0.389. The largest absolute Gasteiger partial charge is 0.486 e. The molecule has 2 aromatic rings. The maximum atomic E-state index is 12.4. The fourth-order valence-electron chi connectivity index (χ4n) is 3.04. The van der Waals surface area contributed by atoms with Crippen molar-refractivity contribution in [1.82, 2.24) is 20.2 Å². The topological polar surface area (TPSA) is 79.8 Å². The molecule has 0 aliphatic carbocycles. The standard InChI is InChI=1S/C18H21N5O3/c24-18(21-12-14-13-25-15-4-1-2-5-16(15)26-14)23-10-8-22(9-11-23)17-19-6-3-7-20-17/h1-7,14H,8-13H2,(H,21,24)/t14-/m0/s1. The molecule has 1 saturated heterocycles. The molecular formula is C18H21N5O3. The summed E-state index contributed by atoms with van der Waals surface area (Å²) in [6.45, 7) is 3.54. The predicted molar refractivity (Wildman–Crippen MR) is 95.6 cm³/mol. The number of benzene rings is 1. The van der Waals surface area contributed by atoms with Crippen molar-refractivity contribution in [2.24, 2.45) is 0 Å². The molecule has 0 radical (unpaired) electrons. The second-order valence-electron chi connectivity index (χ2n) is 6.21. The molecule has 1 aromatic heterocycles. The van der Waals surface area contributed by atoms with Crippen LogP contribution >= 0.6 is 0 Å². The van der Waals surface area contributed by atoms with Crippen LogP contribution in [-0.2, 0) is 0 Å². The van der Waals surface area contributed by atoms with E-state index in [0.717, 1.165) is 11.5 Å². The van der Waals surface area contributed by atoms with Crippen LogP contribution in [0.25, 0.3) is 0 Å². The number of piperazine rings is 1. The van der Waals surface area contributed by atoms with Gasteiger partial charge in [-0.2, -0.15) is 0 Å². The Morgan fingerprint density at radius 3 is 2.58 bits per heavy atom. The van der Waals surface area contributed by atoms with E-state index in [1.54, 1.807) is 23.4 Å². The molecule has 136 valence electrons. The van der Waals surface area contributed by atoms with Crippen LogP contribution in [0.1, 0.15) is 0 Å². The number of aromatic nitrogens is 2. The van der Waals surface area contributed by atoms with Gasteiger partial charge in [0, 0.05) is 38.6 Å². The normalized spacial score (nSPS) is 19.2. The molecule has 2 aliphatic rings. The number of carbonyl (C=O) groups is 1. The number of nitrogens with one attached hydrogen (secondary N) is 1. The number of hydrogen-bond donors (Lipinski definition) is 1. The van der Waals surface area contributed by atoms with Crippen LogP contribution < -0.4 is 19.7 Å². The summed E-state index contributed by atoms with van der Waals surface area (Å²) in [4.78, 5) is 24.8. The second kappa shape index (κ2) is 7.47. The van der Waals surface area contributed by atoms with Gasteiger partial charge in [0.1, 0.15) is 6.61 Å². The van der Waals surface area contributed by atoms with Gasteiger partial charge in [0.25, 0.3) is 0 Å². The van der Waals surface area contributed by atoms with Crippen LogP contribution in [0.3, 0.4) is 0 Å². The minimum Gasteiger partial charge on any atom is -0.486 e. The molecule has 2 amide bonds. The maximum Gasteiger partial charge on any atom is 0.317 e. The highest BCUT2D eigenvalue weighted by Crippen LogP contribution is 2.30. The fourth-order valence-corrected chi connectivity index (χ4v) is 3.04. The summed E-state index contributed by atoms with van der Waals surface area (Å²) >= 11 is 0. The summed E-state index contributed by atoms with van der Waals surface area (Å²) < 4.78 is 11.5. The molecule has 1 aromatic carbocycles. The molecule has 2 aliphatic heterocycles. The van der Waals surface area contributed by atoms with Crippen molar-refractivity contribution in [3.8, 4) is 11.5 Å². The highest BCUT2D eigenvalue weighted by Gasteiger charge is 2.25. The van der Waals surface area contributed by atoms with Gasteiger partial charge in [-0.1, -0.05) is 12.1 Å². The van der Waals surface area contributed by atoms with Gasteiger partial charge in [-0.3, -0.25) is 0 Å². The van der Waals surface area contributed by atoms with Crippen LogP contribution in [0.15, 0.2) is 42.7 Å². The van der Waals surface area contributed by atoms with Gasteiger partial charge >= 0.3 is 6.03 Å². The molecule has 1 fully saturated rings. The Bertz CT molecular complexity index is 750. The molecule has 0 saturated carbocycles. The Morgan fingerprint density at radius 1 is 1.08 bits per heavy atom. The number of nitrogens with zero attached hydrogens (tertiary/aromatic N) is 4. The van der Waals surface area contributed by atoms with E-state index in [1.807, 2.05) is 24.3 Å². The average molecular weight is 355 g/mol. The van der Waals surface area contributed by atoms with E-state index in [1.165, 1.54) is 0 Å². The first-order chi connectivity index (χ1) is 12.8. The van der Waals surface area contributed by atoms with Crippen LogP contribution in [0, 0.1) is 0 Å². The lowest BCUT2D eigenvalue weighted by molar-refractivity contribution is 0.0900. The van der Waals surface area contributed by atoms with E-state index >= 15 is 0 Å². The summed E-state index contributed by atoms with van der Waals surface area (Å²) in [5.74, 6) is 2.17. The molecule has 3 heterocycles. The summed E-state index contributed by atoms with van der Waals surface area (Å²) in [7, 11) is 0.